The number of unbranched alkanes of at least 4 members (excludes halogenated alkanes) is 2. The summed E-state index contributed by atoms with van der Waals surface area (Å²) in [6.45, 7) is 6.86. The van der Waals surface area contributed by atoms with Crippen LogP contribution >= 0.6 is 0 Å². The van der Waals surface area contributed by atoms with Crippen molar-refractivity contribution in [3.63, 3.8) is 0 Å². The summed E-state index contributed by atoms with van der Waals surface area (Å²) in [4.78, 5) is 2.22. The smallest absolute Gasteiger partial charge is 0.108 e. The molecule has 3 N–H and O–H groups in total. The summed E-state index contributed by atoms with van der Waals surface area (Å²) >= 11 is 0. The van der Waals surface area contributed by atoms with Gasteiger partial charge in [0.1, 0.15) is 6.10 Å². The number of hydrogen-bond acceptors (Lipinski definition) is 4. The van der Waals surface area contributed by atoms with E-state index in [2.05, 4.69) is 18.7 Å². The summed E-state index contributed by atoms with van der Waals surface area (Å²) < 4.78 is 0. The lowest BCUT2D eigenvalue weighted by Crippen LogP contribution is -2.63. The number of hydrogen-bond donors (Lipinski definition) is 3. The third kappa shape index (κ3) is 4.15. The highest BCUT2D eigenvalue weighted by Gasteiger charge is 2.42. The minimum absolute atomic E-state index is 0.0371. The second-order valence-electron chi connectivity index (χ2n) is 5.78. The maximum absolute atomic E-state index is 10.1. The van der Waals surface area contributed by atoms with Crippen LogP contribution in [0.3, 0.4) is 0 Å². The van der Waals surface area contributed by atoms with E-state index in [0.717, 1.165) is 19.3 Å². The number of rotatable bonds is 7. The van der Waals surface area contributed by atoms with E-state index in [1.807, 2.05) is 6.92 Å². The molecule has 0 aliphatic carbocycles. The Labute approximate surface area is 117 Å². The summed E-state index contributed by atoms with van der Waals surface area (Å²) in [6, 6.07) is 0.360. The molecule has 4 heteroatoms. The van der Waals surface area contributed by atoms with Gasteiger partial charge in [-0.25, -0.2) is 0 Å². The van der Waals surface area contributed by atoms with E-state index in [1.54, 1.807) is 0 Å². The minimum Gasteiger partial charge on any atom is -0.389 e. The van der Waals surface area contributed by atoms with Gasteiger partial charge in [0.2, 0.25) is 0 Å². The molecular weight excluding hydrogens is 242 g/mol. The van der Waals surface area contributed by atoms with E-state index in [4.69, 9.17) is 0 Å². The Balaban J connectivity index is 2.70. The van der Waals surface area contributed by atoms with Crippen LogP contribution in [0, 0.1) is 0 Å². The van der Waals surface area contributed by atoms with Crippen molar-refractivity contribution in [1.82, 2.24) is 4.90 Å². The standard InChI is InChI=1S/C15H31NO3/c1-4-7-8-9-11(5-2)16-10-13(17)15(19)14(18)12(16)6-3/h11-15,17-19H,4-10H2,1-3H3/t11?,12-,13-,14+,15+/m0/s1. The zero-order valence-corrected chi connectivity index (χ0v) is 12.6. The number of aliphatic hydroxyl groups is 3. The number of nitrogens with zero attached hydrogens (tertiary/aromatic N) is 1. The van der Waals surface area contributed by atoms with Crippen molar-refractivity contribution in [2.24, 2.45) is 0 Å². The number of likely N-dealkylation sites (tertiary alicyclic amines) is 1. The van der Waals surface area contributed by atoms with Crippen molar-refractivity contribution in [2.45, 2.75) is 89.7 Å². The van der Waals surface area contributed by atoms with Crippen LogP contribution in [0.15, 0.2) is 0 Å². The molecule has 114 valence electrons. The molecule has 1 heterocycles. The van der Waals surface area contributed by atoms with E-state index in [0.29, 0.717) is 12.6 Å². The molecule has 0 radical (unpaired) electrons. The molecule has 1 aliphatic rings. The highest BCUT2D eigenvalue weighted by molar-refractivity contribution is 4.96. The maximum atomic E-state index is 10.1. The predicted octanol–water partition coefficient (Wildman–Crippen LogP) is 1.52. The van der Waals surface area contributed by atoms with Gasteiger partial charge in [-0.05, 0) is 19.3 Å². The van der Waals surface area contributed by atoms with Crippen LogP contribution in [-0.4, -0.2) is 57.2 Å². The monoisotopic (exact) mass is 273 g/mol. The molecule has 0 aromatic heterocycles. The molecule has 0 bridgehead atoms. The van der Waals surface area contributed by atoms with E-state index in [9.17, 15) is 15.3 Å². The molecule has 1 fully saturated rings. The van der Waals surface area contributed by atoms with Gasteiger partial charge >= 0.3 is 0 Å². The van der Waals surface area contributed by atoms with Gasteiger partial charge in [0, 0.05) is 18.6 Å². The topological polar surface area (TPSA) is 63.9 Å². The molecule has 0 aromatic carbocycles. The predicted molar refractivity (Wildman–Crippen MR) is 77.0 cm³/mol. The summed E-state index contributed by atoms with van der Waals surface area (Å²) in [5.41, 5.74) is 0. The highest BCUT2D eigenvalue weighted by atomic mass is 16.4. The van der Waals surface area contributed by atoms with E-state index in [1.165, 1.54) is 19.3 Å². The molecule has 0 amide bonds. The Hall–Kier alpha value is -0.160. The Morgan fingerprint density at radius 1 is 1.05 bits per heavy atom. The lowest BCUT2D eigenvalue weighted by atomic mass is 9.89. The Morgan fingerprint density at radius 3 is 2.26 bits per heavy atom. The van der Waals surface area contributed by atoms with Crippen LogP contribution in [0.25, 0.3) is 0 Å². The molecule has 0 aromatic rings. The van der Waals surface area contributed by atoms with Crippen LogP contribution in [-0.2, 0) is 0 Å². The highest BCUT2D eigenvalue weighted by Crippen LogP contribution is 2.26. The summed E-state index contributed by atoms with van der Waals surface area (Å²) in [7, 11) is 0. The molecule has 0 spiro atoms. The van der Waals surface area contributed by atoms with Crippen molar-refractivity contribution >= 4 is 0 Å². The second-order valence-corrected chi connectivity index (χ2v) is 5.78. The third-order valence-electron chi connectivity index (χ3n) is 4.46. The van der Waals surface area contributed by atoms with Crippen LogP contribution in [0.1, 0.15) is 59.3 Å². The van der Waals surface area contributed by atoms with Crippen molar-refractivity contribution in [3.05, 3.63) is 0 Å². The quantitative estimate of drug-likeness (QED) is 0.615. The fraction of sp³-hybridized carbons (Fsp3) is 1.00. The van der Waals surface area contributed by atoms with Gasteiger partial charge in [-0.15, -0.1) is 0 Å². The van der Waals surface area contributed by atoms with Crippen molar-refractivity contribution in [3.8, 4) is 0 Å². The molecule has 19 heavy (non-hydrogen) atoms. The van der Waals surface area contributed by atoms with Gasteiger partial charge in [-0.1, -0.05) is 40.0 Å². The van der Waals surface area contributed by atoms with E-state index >= 15 is 0 Å². The molecule has 1 unspecified atom stereocenters. The van der Waals surface area contributed by atoms with Crippen molar-refractivity contribution < 1.29 is 15.3 Å². The average molecular weight is 273 g/mol. The first-order valence-corrected chi connectivity index (χ1v) is 7.86. The van der Waals surface area contributed by atoms with E-state index in [-0.39, 0.29) is 6.04 Å². The van der Waals surface area contributed by atoms with Crippen molar-refractivity contribution in [1.29, 1.82) is 0 Å². The van der Waals surface area contributed by atoms with Crippen molar-refractivity contribution in [2.75, 3.05) is 6.54 Å². The molecule has 1 saturated heterocycles. The molecule has 1 aliphatic heterocycles. The Kier molecular flexibility index (Phi) is 7.29. The summed E-state index contributed by atoms with van der Waals surface area (Å²) in [5.74, 6) is 0. The Bertz CT molecular complexity index is 250. The van der Waals surface area contributed by atoms with Gasteiger partial charge in [0.05, 0.1) is 12.2 Å². The minimum atomic E-state index is -1.01. The van der Waals surface area contributed by atoms with Crippen LogP contribution in [0.5, 0.6) is 0 Å². The molecule has 0 saturated carbocycles. The van der Waals surface area contributed by atoms with Gasteiger partial charge in [0.25, 0.3) is 0 Å². The summed E-state index contributed by atoms with van der Waals surface area (Å²) in [5, 5.41) is 29.8. The van der Waals surface area contributed by atoms with Gasteiger partial charge < -0.3 is 15.3 Å². The Morgan fingerprint density at radius 2 is 1.74 bits per heavy atom. The number of aliphatic hydroxyl groups excluding tert-OH is 3. The van der Waals surface area contributed by atoms with Crippen LogP contribution in [0.4, 0.5) is 0 Å². The lowest BCUT2D eigenvalue weighted by Gasteiger charge is -2.47. The zero-order valence-electron chi connectivity index (χ0n) is 12.6. The normalized spacial score (nSPS) is 34.4. The molecule has 4 nitrogen and oxygen atoms in total. The first-order chi connectivity index (χ1) is 9.06. The van der Waals surface area contributed by atoms with Gasteiger partial charge in [0.15, 0.2) is 0 Å². The fourth-order valence-electron chi connectivity index (χ4n) is 3.24. The van der Waals surface area contributed by atoms with Crippen LogP contribution < -0.4 is 0 Å². The molecule has 5 atom stereocenters. The van der Waals surface area contributed by atoms with Gasteiger partial charge in [-0.2, -0.15) is 0 Å². The fourth-order valence-corrected chi connectivity index (χ4v) is 3.24. The summed E-state index contributed by atoms with van der Waals surface area (Å²) in [6.07, 6.45) is 3.88. The SMILES string of the molecule is CCCCCC(CC)N1C[C@H](O)[C@@H](O)[C@H](O)[C@@H]1CC. The average Bonchev–Trinajstić information content (AvgIpc) is 2.41. The first-order valence-electron chi connectivity index (χ1n) is 7.86. The number of β-amino-alcohol motifs (C(OH)–C–C–N with tert-alkyl or cyclic N) is 1. The largest absolute Gasteiger partial charge is 0.389 e. The first kappa shape index (κ1) is 16.9. The maximum Gasteiger partial charge on any atom is 0.108 e. The molecular formula is C15H31NO3. The third-order valence-corrected chi connectivity index (χ3v) is 4.46. The zero-order chi connectivity index (χ0) is 14.4. The van der Waals surface area contributed by atoms with E-state index < -0.39 is 18.3 Å². The van der Waals surface area contributed by atoms with Crippen LogP contribution in [0.2, 0.25) is 0 Å². The molecule has 1 rings (SSSR count). The number of piperidine rings is 1. The second kappa shape index (κ2) is 8.20. The van der Waals surface area contributed by atoms with Gasteiger partial charge in [-0.3, -0.25) is 4.90 Å². The lowest BCUT2D eigenvalue weighted by molar-refractivity contribution is -0.147.